The van der Waals surface area contributed by atoms with Gasteiger partial charge in [0.15, 0.2) is 6.61 Å². The number of anilines is 1. The highest BCUT2D eigenvalue weighted by Gasteiger charge is 2.36. The van der Waals surface area contributed by atoms with Crippen LogP contribution in [0.4, 0.5) is 5.69 Å². The van der Waals surface area contributed by atoms with Gasteiger partial charge in [0.1, 0.15) is 5.76 Å². The molecular formula is C24H20N2O6. The number of esters is 1. The van der Waals surface area contributed by atoms with Crippen molar-refractivity contribution in [3.63, 3.8) is 0 Å². The highest BCUT2D eigenvalue weighted by molar-refractivity contribution is 6.21. The van der Waals surface area contributed by atoms with E-state index in [0.717, 1.165) is 16.9 Å². The molecule has 32 heavy (non-hydrogen) atoms. The summed E-state index contributed by atoms with van der Waals surface area (Å²) in [6.07, 6.45) is 2.35. The zero-order valence-electron chi connectivity index (χ0n) is 17.3. The number of furan rings is 1. The van der Waals surface area contributed by atoms with Gasteiger partial charge in [-0.1, -0.05) is 19.1 Å². The van der Waals surface area contributed by atoms with Crippen molar-refractivity contribution in [3.8, 4) is 0 Å². The minimum atomic E-state index is -0.769. The molecule has 0 spiro atoms. The molecule has 0 radical (unpaired) electrons. The van der Waals surface area contributed by atoms with E-state index in [9.17, 15) is 19.2 Å². The topological polar surface area (TPSA) is 106 Å². The number of rotatable bonds is 7. The van der Waals surface area contributed by atoms with Crippen molar-refractivity contribution in [3.05, 3.63) is 88.9 Å². The lowest BCUT2D eigenvalue weighted by atomic mass is 10.1. The van der Waals surface area contributed by atoms with Gasteiger partial charge in [-0.3, -0.25) is 19.3 Å². The van der Waals surface area contributed by atoms with Crippen molar-refractivity contribution in [1.29, 1.82) is 0 Å². The molecule has 2 heterocycles. The Morgan fingerprint density at radius 3 is 2.44 bits per heavy atom. The number of nitrogens with zero attached hydrogens (tertiary/aromatic N) is 1. The first kappa shape index (κ1) is 21.0. The Labute approximate surface area is 183 Å². The third-order valence-electron chi connectivity index (χ3n) is 5.08. The first-order valence-electron chi connectivity index (χ1n) is 10.0. The van der Waals surface area contributed by atoms with Crippen LogP contribution in [0.2, 0.25) is 0 Å². The lowest BCUT2D eigenvalue weighted by Gasteiger charge is -2.11. The van der Waals surface area contributed by atoms with E-state index in [2.05, 4.69) is 5.32 Å². The molecule has 0 unspecified atom stereocenters. The molecule has 1 aliphatic heterocycles. The lowest BCUT2D eigenvalue weighted by Crippen LogP contribution is -2.28. The highest BCUT2D eigenvalue weighted by atomic mass is 16.5. The van der Waals surface area contributed by atoms with E-state index >= 15 is 0 Å². The third kappa shape index (κ3) is 4.29. The number of carbonyl (C=O) groups excluding carboxylic acids is 4. The van der Waals surface area contributed by atoms with Crippen LogP contribution in [0.3, 0.4) is 0 Å². The first-order chi connectivity index (χ1) is 15.5. The van der Waals surface area contributed by atoms with Crippen LogP contribution in [-0.4, -0.2) is 35.2 Å². The van der Waals surface area contributed by atoms with Gasteiger partial charge in [-0.25, -0.2) is 4.79 Å². The van der Waals surface area contributed by atoms with Gasteiger partial charge in [-0.2, -0.15) is 0 Å². The smallest absolute Gasteiger partial charge is 0.338 e. The number of amides is 3. The summed E-state index contributed by atoms with van der Waals surface area (Å²) >= 11 is 0. The number of fused-ring (bicyclic) bond motifs is 1. The van der Waals surface area contributed by atoms with Crippen molar-refractivity contribution in [2.24, 2.45) is 0 Å². The second-order valence-electron chi connectivity index (χ2n) is 7.21. The van der Waals surface area contributed by atoms with Crippen LogP contribution in [0.5, 0.6) is 0 Å². The molecule has 1 N–H and O–H groups in total. The molecule has 8 nitrogen and oxygen atoms in total. The van der Waals surface area contributed by atoms with Crippen LogP contribution >= 0.6 is 0 Å². The highest BCUT2D eigenvalue weighted by Crippen LogP contribution is 2.26. The summed E-state index contributed by atoms with van der Waals surface area (Å²) in [5.41, 5.74) is 2.12. The maximum absolute atomic E-state index is 12.7. The van der Waals surface area contributed by atoms with Gasteiger partial charge in [0.05, 0.1) is 29.5 Å². The maximum atomic E-state index is 12.7. The Morgan fingerprint density at radius 2 is 1.75 bits per heavy atom. The molecule has 0 aliphatic carbocycles. The number of aryl methyl sites for hydroxylation is 1. The van der Waals surface area contributed by atoms with E-state index in [1.165, 1.54) is 24.5 Å². The summed E-state index contributed by atoms with van der Waals surface area (Å²) in [7, 11) is 0. The summed E-state index contributed by atoms with van der Waals surface area (Å²) in [6.45, 7) is 1.55. The Balaban J connectivity index is 1.38. The molecule has 1 aliphatic rings. The fourth-order valence-electron chi connectivity index (χ4n) is 3.35. The molecular weight excluding hydrogens is 412 g/mol. The van der Waals surface area contributed by atoms with Crippen molar-refractivity contribution in [1.82, 2.24) is 4.90 Å². The summed E-state index contributed by atoms with van der Waals surface area (Å²) < 4.78 is 10.3. The van der Waals surface area contributed by atoms with Crippen LogP contribution in [-0.2, 0) is 22.5 Å². The lowest BCUT2D eigenvalue weighted by molar-refractivity contribution is -0.119. The van der Waals surface area contributed by atoms with Gasteiger partial charge in [0.25, 0.3) is 17.7 Å². The van der Waals surface area contributed by atoms with Crippen molar-refractivity contribution < 1.29 is 28.3 Å². The SMILES string of the molecule is CCc1ccc(NC(=O)COC(=O)c2ccc3c(c2)C(=O)N(Cc2ccco2)C3=O)cc1. The number of benzene rings is 2. The minimum Gasteiger partial charge on any atom is -0.467 e. The van der Waals surface area contributed by atoms with Gasteiger partial charge in [0.2, 0.25) is 0 Å². The van der Waals surface area contributed by atoms with Crippen LogP contribution in [0.25, 0.3) is 0 Å². The average Bonchev–Trinajstić information content (AvgIpc) is 3.41. The van der Waals surface area contributed by atoms with Crippen molar-refractivity contribution in [2.75, 3.05) is 11.9 Å². The quantitative estimate of drug-likeness (QED) is 0.453. The molecule has 3 amide bonds. The van der Waals surface area contributed by atoms with Gasteiger partial charge in [-0.15, -0.1) is 0 Å². The number of hydrogen-bond acceptors (Lipinski definition) is 6. The Bertz CT molecular complexity index is 1180. The van der Waals surface area contributed by atoms with Gasteiger partial charge in [-0.05, 0) is 54.4 Å². The van der Waals surface area contributed by atoms with E-state index in [1.807, 2.05) is 19.1 Å². The third-order valence-corrected chi connectivity index (χ3v) is 5.08. The van der Waals surface area contributed by atoms with Crippen molar-refractivity contribution >= 4 is 29.4 Å². The summed E-state index contributed by atoms with van der Waals surface area (Å²) in [4.78, 5) is 50.7. The molecule has 3 aromatic rings. The molecule has 8 heteroatoms. The predicted octanol–water partition coefficient (Wildman–Crippen LogP) is 3.43. The molecule has 1 aromatic heterocycles. The Hall–Kier alpha value is -4.20. The normalized spacial score (nSPS) is 12.6. The number of hydrogen-bond donors (Lipinski definition) is 1. The second-order valence-corrected chi connectivity index (χ2v) is 7.21. The number of imide groups is 1. The van der Waals surface area contributed by atoms with E-state index < -0.39 is 30.3 Å². The zero-order valence-corrected chi connectivity index (χ0v) is 17.3. The summed E-state index contributed by atoms with van der Waals surface area (Å²) in [5, 5.41) is 2.65. The van der Waals surface area contributed by atoms with Crippen LogP contribution in [0.1, 0.15) is 49.3 Å². The van der Waals surface area contributed by atoms with E-state index in [-0.39, 0.29) is 23.2 Å². The fourth-order valence-corrected chi connectivity index (χ4v) is 3.35. The summed E-state index contributed by atoms with van der Waals surface area (Å²) in [5.74, 6) is -1.78. The molecule has 0 saturated carbocycles. The largest absolute Gasteiger partial charge is 0.467 e. The molecule has 162 valence electrons. The number of nitrogens with one attached hydrogen (secondary N) is 1. The number of carbonyl (C=O) groups is 4. The van der Waals surface area contributed by atoms with Crippen LogP contribution in [0, 0.1) is 0 Å². The Kier molecular flexibility index (Phi) is 5.85. The number of ether oxygens (including phenoxy) is 1. The van der Waals surface area contributed by atoms with E-state index in [1.54, 1.807) is 24.3 Å². The molecule has 0 bridgehead atoms. The summed E-state index contributed by atoms with van der Waals surface area (Å²) in [6, 6.07) is 14.8. The first-order valence-corrected chi connectivity index (χ1v) is 10.0. The molecule has 0 fully saturated rings. The maximum Gasteiger partial charge on any atom is 0.338 e. The molecule has 2 aromatic carbocycles. The minimum absolute atomic E-state index is 0.00146. The van der Waals surface area contributed by atoms with Gasteiger partial charge in [0, 0.05) is 5.69 Å². The monoisotopic (exact) mass is 432 g/mol. The van der Waals surface area contributed by atoms with Crippen LogP contribution < -0.4 is 5.32 Å². The molecule has 0 atom stereocenters. The molecule has 4 rings (SSSR count). The van der Waals surface area contributed by atoms with Gasteiger partial charge < -0.3 is 14.5 Å². The fraction of sp³-hybridized carbons (Fsp3) is 0.167. The van der Waals surface area contributed by atoms with E-state index in [0.29, 0.717) is 11.4 Å². The second kappa shape index (κ2) is 8.89. The van der Waals surface area contributed by atoms with Gasteiger partial charge >= 0.3 is 5.97 Å². The van der Waals surface area contributed by atoms with E-state index in [4.69, 9.17) is 9.15 Å². The molecule has 0 saturated heterocycles. The standard InChI is InChI=1S/C24H20N2O6/c1-2-15-5-8-17(9-6-15)25-21(27)14-32-24(30)16-7-10-19-20(12-16)23(29)26(22(19)28)13-18-4-3-11-31-18/h3-12H,2,13-14H2,1H3,(H,25,27). The van der Waals surface area contributed by atoms with Crippen molar-refractivity contribution in [2.45, 2.75) is 19.9 Å². The zero-order chi connectivity index (χ0) is 22.7. The van der Waals surface area contributed by atoms with Crippen LogP contribution in [0.15, 0.2) is 65.3 Å². The predicted molar refractivity (Wildman–Crippen MR) is 114 cm³/mol. The Morgan fingerprint density at radius 1 is 1.00 bits per heavy atom. The average molecular weight is 432 g/mol.